The van der Waals surface area contributed by atoms with E-state index in [0.29, 0.717) is 12.5 Å². The zero-order valence-electron chi connectivity index (χ0n) is 10.3. The largest absolute Gasteiger partial charge is 0.486 e. The molecule has 0 radical (unpaired) electrons. The fourth-order valence-electron chi connectivity index (χ4n) is 2.67. The van der Waals surface area contributed by atoms with Gasteiger partial charge in [0.05, 0.1) is 0 Å². The molecule has 1 aromatic rings. The molecule has 92 valence electrons. The fraction of sp³-hybridized carbons (Fsp3) is 0.571. The van der Waals surface area contributed by atoms with E-state index in [0.717, 1.165) is 11.5 Å². The number of ether oxygens (including phenoxy) is 2. The summed E-state index contributed by atoms with van der Waals surface area (Å²) in [5, 5.41) is 0. The molecule has 3 rings (SSSR count). The molecule has 3 nitrogen and oxygen atoms in total. The second-order valence-corrected chi connectivity index (χ2v) is 5.05. The van der Waals surface area contributed by atoms with Gasteiger partial charge in [-0.2, -0.15) is 0 Å². The number of hydrogen-bond acceptors (Lipinski definition) is 3. The summed E-state index contributed by atoms with van der Waals surface area (Å²) in [6.45, 7) is 3.05. The lowest BCUT2D eigenvalue weighted by atomic mass is 9.91. The Morgan fingerprint density at radius 3 is 2.59 bits per heavy atom. The third-order valence-corrected chi connectivity index (χ3v) is 3.82. The van der Waals surface area contributed by atoms with Crippen LogP contribution >= 0.6 is 0 Å². The lowest BCUT2D eigenvalue weighted by Crippen LogP contribution is -2.42. The van der Waals surface area contributed by atoms with Crippen molar-refractivity contribution < 1.29 is 9.47 Å². The molecule has 0 bridgehead atoms. The Kier molecular flexibility index (Phi) is 2.93. The summed E-state index contributed by atoms with van der Waals surface area (Å²) in [5.41, 5.74) is 0. The van der Waals surface area contributed by atoms with Gasteiger partial charge in [0.1, 0.15) is 12.7 Å². The minimum absolute atomic E-state index is 0.235. The van der Waals surface area contributed by atoms with Gasteiger partial charge < -0.3 is 14.4 Å². The summed E-state index contributed by atoms with van der Waals surface area (Å²) in [6.07, 6.45) is 2.66. The monoisotopic (exact) mass is 233 g/mol. The number of para-hydroxylation sites is 2. The molecule has 1 aromatic carbocycles. The van der Waals surface area contributed by atoms with E-state index in [1.807, 2.05) is 24.3 Å². The van der Waals surface area contributed by atoms with E-state index >= 15 is 0 Å². The molecule has 2 aliphatic heterocycles. The van der Waals surface area contributed by atoms with Crippen molar-refractivity contribution in [1.29, 1.82) is 0 Å². The van der Waals surface area contributed by atoms with Gasteiger partial charge in [-0.15, -0.1) is 0 Å². The molecule has 1 fully saturated rings. The zero-order valence-corrected chi connectivity index (χ0v) is 10.3. The first-order valence-electron chi connectivity index (χ1n) is 6.40. The highest BCUT2D eigenvalue weighted by Gasteiger charge is 2.30. The first-order chi connectivity index (χ1) is 8.33. The van der Waals surface area contributed by atoms with Crippen molar-refractivity contribution in [3.63, 3.8) is 0 Å². The molecule has 0 spiro atoms. The Balaban J connectivity index is 1.68. The molecule has 0 aliphatic carbocycles. The summed E-state index contributed by atoms with van der Waals surface area (Å²) < 4.78 is 11.8. The number of piperidine rings is 1. The minimum atomic E-state index is 0.235. The fourth-order valence-corrected chi connectivity index (χ4v) is 2.67. The SMILES string of the molecule is CN1CCC(C2COc3ccccc3O2)CC1. The normalized spacial score (nSPS) is 25.8. The van der Waals surface area contributed by atoms with Crippen LogP contribution < -0.4 is 9.47 Å². The average Bonchev–Trinajstić information content (AvgIpc) is 2.39. The average molecular weight is 233 g/mol. The van der Waals surface area contributed by atoms with Crippen LogP contribution in [0, 0.1) is 5.92 Å². The van der Waals surface area contributed by atoms with Crippen molar-refractivity contribution in [3.05, 3.63) is 24.3 Å². The minimum Gasteiger partial charge on any atom is -0.486 e. The molecule has 0 amide bonds. The maximum atomic E-state index is 6.06. The zero-order chi connectivity index (χ0) is 11.7. The van der Waals surface area contributed by atoms with Crippen LogP contribution in [0.3, 0.4) is 0 Å². The maximum Gasteiger partial charge on any atom is 0.161 e. The van der Waals surface area contributed by atoms with Gasteiger partial charge in [0.2, 0.25) is 0 Å². The number of hydrogen-bond donors (Lipinski definition) is 0. The van der Waals surface area contributed by atoms with Crippen LogP contribution in [0.2, 0.25) is 0 Å². The van der Waals surface area contributed by atoms with Gasteiger partial charge in [-0.05, 0) is 45.1 Å². The summed E-state index contributed by atoms with van der Waals surface area (Å²) in [7, 11) is 2.18. The van der Waals surface area contributed by atoms with Crippen molar-refractivity contribution in [2.24, 2.45) is 5.92 Å². The predicted molar refractivity (Wildman–Crippen MR) is 66.6 cm³/mol. The Hall–Kier alpha value is -1.22. The molecule has 2 aliphatic rings. The van der Waals surface area contributed by atoms with E-state index in [1.54, 1.807) is 0 Å². The smallest absolute Gasteiger partial charge is 0.161 e. The Morgan fingerprint density at radius 2 is 1.82 bits per heavy atom. The molecule has 1 saturated heterocycles. The quantitative estimate of drug-likeness (QED) is 0.742. The molecule has 3 heteroatoms. The van der Waals surface area contributed by atoms with E-state index in [-0.39, 0.29) is 6.10 Å². The Morgan fingerprint density at radius 1 is 1.12 bits per heavy atom. The summed E-state index contributed by atoms with van der Waals surface area (Å²) in [6, 6.07) is 7.95. The molecule has 17 heavy (non-hydrogen) atoms. The Bertz CT molecular complexity index is 386. The second-order valence-electron chi connectivity index (χ2n) is 5.05. The van der Waals surface area contributed by atoms with E-state index in [1.165, 1.54) is 25.9 Å². The van der Waals surface area contributed by atoms with Gasteiger partial charge in [0.25, 0.3) is 0 Å². The maximum absolute atomic E-state index is 6.06. The highest BCUT2D eigenvalue weighted by Crippen LogP contribution is 2.34. The lowest BCUT2D eigenvalue weighted by molar-refractivity contribution is 0.0242. The highest BCUT2D eigenvalue weighted by atomic mass is 16.6. The van der Waals surface area contributed by atoms with Crippen LogP contribution in [0.5, 0.6) is 11.5 Å². The van der Waals surface area contributed by atoms with Crippen LogP contribution in [0.15, 0.2) is 24.3 Å². The molecule has 0 N–H and O–H groups in total. The van der Waals surface area contributed by atoms with Gasteiger partial charge in [0, 0.05) is 5.92 Å². The van der Waals surface area contributed by atoms with Gasteiger partial charge in [-0.1, -0.05) is 12.1 Å². The van der Waals surface area contributed by atoms with Gasteiger partial charge in [-0.3, -0.25) is 0 Å². The van der Waals surface area contributed by atoms with Crippen molar-refractivity contribution in [1.82, 2.24) is 4.90 Å². The van der Waals surface area contributed by atoms with Crippen LogP contribution in [0.4, 0.5) is 0 Å². The number of benzene rings is 1. The van der Waals surface area contributed by atoms with Gasteiger partial charge >= 0.3 is 0 Å². The van der Waals surface area contributed by atoms with Gasteiger partial charge in [-0.25, -0.2) is 0 Å². The standard InChI is InChI=1S/C14H19NO2/c1-15-8-6-11(7-9-15)14-10-16-12-4-2-3-5-13(12)17-14/h2-5,11,14H,6-10H2,1H3. The first-order valence-corrected chi connectivity index (χ1v) is 6.40. The van der Waals surface area contributed by atoms with Crippen LogP contribution in [0.1, 0.15) is 12.8 Å². The number of nitrogens with zero attached hydrogens (tertiary/aromatic N) is 1. The summed E-state index contributed by atoms with van der Waals surface area (Å²) >= 11 is 0. The third-order valence-electron chi connectivity index (χ3n) is 3.82. The molecular weight excluding hydrogens is 214 g/mol. The van der Waals surface area contributed by atoms with E-state index in [4.69, 9.17) is 9.47 Å². The van der Waals surface area contributed by atoms with Crippen LogP contribution in [-0.4, -0.2) is 37.7 Å². The molecule has 2 heterocycles. The van der Waals surface area contributed by atoms with Crippen LogP contribution in [0.25, 0.3) is 0 Å². The van der Waals surface area contributed by atoms with E-state index < -0.39 is 0 Å². The second kappa shape index (κ2) is 4.57. The lowest BCUT2D eigenvalue weighted by Gasteiger charge is -2.36. The molecule has 1 unspecified atom stereocenters. The summed E-state index contributed by atoms with van der Waals surface area (Å²) in [4.78, 5) is 2.38. The van der Waals surface area contributed by atoms with Crippen molar-refractivity contribution in [3.8, 4) is 11.5 Å². The predicted octanol–water partition coefficient (Wildman–Crippen LogP) is 2.17. The summed E-state index contributed by atoms with van der Waals surface area (Å²) in [5.74, 6) is 2.43. The number of likely N-dealkylation sites (tertiary alicyclic amines) is 1. The number of fused-ring (bicyclic) bond motifs is 1. The Labute approximate surface area is 102 Å². The van der Waals surface area contributed by atoms with Crippen molar-refractivity contribution in [2.45, 2.75) is 18.9 Å². The molecule has 0 aromatic heterocycles. The molecule has 1 atom stereocenters. The van der Waals surface area contributed by atoms with Crippen molar-refractivity contribution >= 4 is 0 Å². The van der Waals surface area contributed by atoms with Crippen molar-refractivity contribution in [2.75, 3.05) is 26.7 Å². The molecular formula is C14H19NO2. The van der Waals surface area contributed by atoms with Crippen LogP contribution in [-0.2, 0) is 0 Å². The highest BCUT2D eigenvalue weighted by molar-refractivity contribution is 5.40. The number of rotatable bonds is 1. The third kappa shape index (κ3) is 2.25. The van der Waals surface area contributed by atoms with Gasteiger partial charge in [0.15, 0.2) is 11.5 Å². The topological polar surface area (TPSA) is 21.7 Å². The first kappa shape index (κ1) is 10.9. The molecule has 0 saturated carbocycles. The van der Waals surface area contributed by atoms with E-state index in [2.05, 4.69) is 11.9 Å². The van der Waals surface area contributed by atoms with E-state index in [9.17, 15) is 0 Å².